The fourth-order valence-electron chi connectivity index (χ4n) is 2.32. The average molecular weight is 224 g/mol. The zero-order valence-electron chi connectivity index (χ0n) is 8.95. The van der Waals surface area contributed by atoms with E-state index in [-0.39, 0.29) is 11.3 Å². The highest BCUT2D eigenvalue weighted by Crippen LogP contribution is 2.30. The van der Waals surface area contributed by atoms with Crippen molar-refractivity contribution < 1.29 is 4.79 Å². The molecule has 0 spiro atoms. The van der Waals surface area contributed by atoms with Gasteiger partial charge in [-0.2, -0.15) is 4.37 Å². The molecule has 1 N–H and O–H groups in total. The van der Waals surface area contributed by atoms with E-state index in [2.05, 4.69) is 9.69 Å². The fraction of sp³-hybridized carbons (Fsp3) is 0.636. The Kier molecular flexibility index (Phi) is 3.17. The van der Waals surface area contributed by atoms with Crippen LogP contribution in [0.1, 0.15) is 42.6 Å². The van der Waals surface area contributed by atoms with E-state index in [1.54, 1.807) is 0 Å². The first-order valence-corrected chi connectivity index (χ1v) is 6.26. The zero-order valence-corrected chi connectivity index (χ0v) is 9.77. The van der Waals surface area contributed by atoms with Crippen LogP contribution in [-0.2, 0) is 0 Å². The molecule has 3 nitrogen and oxygen atoms in total. The summed E-state index contributed by atoms with van der Waals surface area (Å²) in [6.45, 7) is 0. The lowest BCUT2D eigenvalue weighted by molar-refractivity contribution is 0.0803. The van der Waals surface area contributed by atoms with Crippen molar-refractivity contribution in [1.82, 2.24) is 9.69 Å². The average Bonchev–Trinajstić information content (AvgIpc) is 2.82. The smallest absolute Gasteiger partial charge is 0.202 e. The molecule has 1 heterocycles. The van der Waals surface area contributed by atoms with Crippen LogP contribution in [0.2, 0.25) is 0 Å². The summed E-state index contributed by atoms with van der Waals surface area (Å²) in [5.74, 6) is 0.172. The molecule has 0 amide bonds. The molecule has 0 saturated heterocycles. The number of Topliss-reactive ketones (excluding diaryl/α,β-unsaturated/α-hetero) is 1. The number of rotatable bonds is 3. The maximum atomic E-state index is 12.3. The van der Waals surface area contributed by atoms with Gasteiger partial charge in [-0.15, -0.1) is 0 Å². The van der Waals surface area contributed by atoms with Gasteiger partial charge in [0.05, 0.1) is 5.54 Å². The maximum Gasteiger partial charge on any atom is 0.202 e. The molecule has 1 aliphatic carbocycles. The van der Waals surface area contributed by atoms with Crippen LogP contribution in [0.15, 0.2) is 11.4 Å². The number of likely N-dealkylation sites (N-methyl/N-ethyl adjacent to an activating group) is 1. The van der Waals surface area contributed by atoms with Gasteiger partial charge < -0.3 is 5.32 Å². The first kappa shape index (κ1) is 10.8. The van der Waals surface area contributed by atoms with Gasteiger partial charge in [-0.25, -0.2) is 0 Å². The molecule has 1 aliphatic rings. The largest absolute Gasteiger partial charge is 0.308 e. The summed E-state index contributed by atoms with van der Waals surface area (Å²) in [5.41, 5.74) is 0.281. The molecule has 2 rings (SSSR count). The first-order valence-electron chi connectivity index (χ1n) is 5.43. The second-order valence-corrected chi connectivity index (χ2v) is 4.77. The van der Waals surface area contributed by atoms with Crippen LogP contribution in [0.4, 0.5) is 0 Å². The van der Waals surface area contributed by atoms with Crippen molar-refractivity contribution >= 4 is 17.3 Å². The lowest BCUT2D eigenvalue weighted by Crippen LogP contribution is -2.51. The minimum atomic E-state index is -0.341. The predicted molar refractivity (Wildman–Crippen MR) is 61.3 cm³/mol. The van der Waals surface area contributed by atoms with Crippen molar-refractivity contribution in [1.29, 1.82) is 0 Å². The molecule has 15 heavy (non-hydrogen) atoms. The number of ketones is 1. The van der Waals surface area contributed by atoms with Crippen molar-refractivity contribution in [2.45, 2.75) is 37.6 Å². The minimum Gasteiger partial charge on any atom is -0.308 e. The monoisotopic (exact) mass is 224 g/mol. The SMILES string of the molecule is CNC1(C(=O)c2ccsn2)CCCCC1. The molecule has 0 bridgehead atoms. The molecular formula is C11H16N2OS. The molecule has 0 unspecified atom stereocenters. The molecule has 1 fully saturated rings. The second-order valence-electron chi connectivity index (χ2n) is 4.11. The van der Waals surface area contributed by atoms with E-state index < -0.39 is 0 Å². The number of hydrogen-bond acceptors (Lipinski definition) is 4. The van der Waals surface area contributed by atoms with E-state index in [0.717, 1.165) is 25.7 Å². The van der Waals surface area contributed by atoms with Gasteiger partial charge in [-0.05, 0) is 37.5 Å². The summed E-state index contributed by atoms with van der Waals surface area (Å²) in [6, 6.07) is 1.82. The molecule has 82 valence electrons. The normalized spacial score (nSPS) is 20.1. The summed E-state index contributed by atoms with van der Waals surface area (Å²) < 4.78 is 4.14. The van der Waals surface area contributed by atoms with E-state index in [1.165, 1.54) is 18.0 Å². The summed E-state index contributed by atoms with van der Waals surface area (Å²) in [7, 11) is 1.88. The lowest BCUT2D eigenvalue weighted by atomic mass is 9.78. The quantitative estimate of drug-likeness (QED) is 0.801. The van der Waals surface area contributed by atoms with Gasteiger partial charge in [0.1, 0.15) is 5.69 Å². The summed E-state index contributed by atoms with van der Waals surface area (Å²) >= 11 is 1.34. The molecule has 0 atom stereocenters. The molecule has 4 heteroatoms. The molecule has 0 aliphatic heterocycles. The van der Waals surface area contributed by atoms with Crippen LogP contribution in [0, 0.1) is 0 Å². The third-order valence-electron chi connectivity index (χ3n) is 3.29. The Morgan fingerprint density at radius 2 is 2.20 bits per heavy atom. The number of nitrogens with zero attached hydrogens (tertiary/aromatic N) is 1. The first-order chi connectivity index (χ1) is 7.28. The molecule has 0 aromatic carbocycles. The third kappa shape index (κ3) is 1.96. The molecule has 0 radical (unpaired) electrons. The topological polar surface area (TPSA) is 42.0 Å². The van der Waals surface area contributed by atoms with E-state index >= 15 is 0 Å². The molecule has 1 aromatic heterocycles. The summed E-state index contributed by atoms with van der Waals surface area (Å²) in [5, 5.41) is 5.08. The van der Waals surface area contributed by atoms with Crippen LogP contribution < -0.4 is 5.32 Å². The highest BCUT2D eigenvalue weighted by atomic mass is 32.1. The Morgan fingerprint density at radius 3 is 2.73 bits per heavy atom. The van der Waals surface area contributed by atoms with Crippen molar-refractivity contribution in [3.8, 4) is 0 Å². The Labute approximate surface area is 94.1 Å². The van der Waals surface area contributed by atoms with Crippen molar-refractivity contribution in [2.75, 3.05) is 7.05 Å². The molecule has 1 aromatic rings. The summed E-state index contributed by atoms with van der Waals surface area (Å²) in [4.78, 5) is 12.3. The van der Waals surface area contributed by atoms with Crippen molar-refractivity contribution in [2.24, 2.45) is 0 Å². The highest BCUT2D eigenvalue weighted by Gasteiger charge is 2.39. The fourth-order valence-corrected chi connectivity index (χ4v) is 2.83. The van der Waals surface area contributed by atoms with Gasteiger partial charge in [0, 0.05) is 5.38 Å². The van der Waals surface area contributed by atoms with Gasteiger partial charge in [0.25, 0.3) is 0 Å². The number of nitrogens with one attached hydrogen (secondary N) is 1. The molecular weight excluding hydrogens is 208 g/mol. The Hall–Kier alpha value is -0.740. The number of carbonyl (C=O) groups excluding carboxylic acids is 1. The Bertz CT molecular complexity index is 328. The van der Waals surface area contributed by atoms with E-state index in [9.17, 15) is 4.79 Å². The third-order valence-corrected chi connectivity index (χ3v) is 3.85. The van der Waals surface area contributed by atoms with Crippen LogP contribution in [0.3, 0.4) is 0 Å². The standard InChI is InChI=1S/C11H16N2OS/c1-12-11(6-3-2-4-7-11)10(14)9-5-8-15-13-9/h5,8,12H,2-4,6-7H2,1H3. The van der Waals surface area contributed by atoms with Crippen molar-refractivity contribution in [3.05, 3.63) is 17.1 Å². The van der Waals surface area contributed by atoms with Crippen LogP contribution in [0.25, 0.3) is 0 Å². The van der Waals surface area contributed by atoms with Gasteiger partial charge in [0.15, 0.2) is 0 Å². The van der Waals surface area contributed by atoms with Crippen LogP contribution in [-0.4, -0.2) is 22.7 Å². The summed E-state index contributed by atoms with van der Waals surface area (Å²) in [6.07, 6.45) is 5.40. The predicted octanol–water partition coefficient (Wildman–Crippen LogP) is 2.25. The van der Waals surface area contributed by atoms with Crippen LogP contribution >= 0.6 is 11.5 Å². The van der Waals surface area contributed by atoms with Gasteiger partial charge in [0.2, 0.25) is 5.78 Å². The lowest BCUT2D eigenvalue weighted by Gasteiger charge is -2.34. The van der Waals surface area contributed by atoms with E-state index in [0.29, 0.717) is 5.69 Å². The van der Waals surface area contributed by atoms with Crippen molar-refractivity contribution in [3.63, 3.8) is 0 Å². The van der Waals surface area contributed by atoms with Gasteiger partial charge in [-0.3, -0.25) is 4.79 Å². The Morgan fingerprint density at radius 1 is 1.47 bits per heavy atom. The van der Waals surface area contributed by atoms with E-state index in [4.69, 9.17) is 0 Å². The number of carbonyl (C=O) groups is 1. The zero-order chi connectivity index (χ0) is 10.7. The Balaban J connectivity index is 2.22. The second kappa shape index (κ2) is 4.41. The van der Waals surface area contributed by atoms with Gasteiger partial charge >= 0.3 is 0 Å². The maximum absolute atomic E-state index is 12.3. The van der Waals surface area contributed by atoms with Gasteiger partial charge in [-0.1, -0.05) is 19.3 Å². The number of hydrogen-bond donors (Lipinski definition) is 1. The van der Waals surface area contributed by atoms with Crippen LogP contribution in [0.5, 0.6) is 0 Å². The van der Waals surface area contributed by atoms with E-state index in [1.807, 2.05) is 18.5 Å². The molecule has 1 saturated carbocycles. The minimum absolute atomic E-state index is 0.172. The number of aromatic nitrogens is 1. The highest BCUT2D eigenvalue weighted by molar-refractivity contribution is 7.03.